The highest BCUT2D eigenvalue weighted by molar-refractivity contribution is 7.88. The zero-order valence-electron chi connectivity index (χ0n) is 18.9. The quantitative estimate of drug-likeness (QED) is 0.638. The highest BCUT2D eigenvalue weighted by Crippen LogP contribution is 2.37. The molecule has 8 nitrogen and oxygen atoms in total. The van der Waals surface area contributed by atoms with Crippen molar-refractivity contribution < 1.29 is 17.6 Å². The summed E-state index contributed by atoms with van der Waals surface area (Å²) in [7, 11) is -3.31. The monoisotopic (exact) mass is 473 g/mol. The van der Waals surface area contributed by atoms with E-state index in [4.69, 9.17) is 6.57 Å². The van der Waals surface area contributed by atoms with Gasteiger partial charge in [-0.2, -0.15) is 4.31 Å². The Balaban J connectivity index is 1.69. The second-order valence-electron chi connectivity index (χ2n) is 8.81. The Morgan fingerprint density at radius 2 is 1.85 bits per heavy atom. The predicted octanol–water partition coefficient (Wildman–Crippen LogP) is 2.76. The first-order valence-corrected chi connectivity index (χ1v) is 13.0. The van der Waals surface area contributed by atoms with Crippen molar-refractivity contribution in [2.24, 2.45) is 0 Å². The molecule has 2 aliphatic rings. The van der Waals surface area contributed by atoms with E-state index < -0.39 is 21.4 Å². The predicted molar refractivity (Wildman–Crippen MR) is 125 cm³/mol. The van der Waals surface area contributed by atoms with Gasteiger partial charge in [0, 0.05) is 70.1 Å². The molecule has 1 aromatic heterocycles. The lowest BCUT2D eigenvalue weighted by molar-refractivity contribution is 0.0698. The number of sulfonamides is 1. The average molecular weight is 474 g/mol. The lowest BCUT2D eigenvalue weighted by atomic mass is 9.85. The first-order valence-electron chi connectivity index (χ1n) is 11.1. The van der Waals surface area contributed by atoms with Crippen molar-refractivity contribution >= 4 is 32.5 Å². The third kappa shape index (κ3) is 4.52. The van der Waals surface area contributed by atoms with Crippen LogP contribution in [0, 0.1) is 12.4 Å². The summed E-state index contributed by atoms with van der Waals surface area (Å²) < 4.78 is 39.2. The van der Waals surface area contributed by atoms with E-state index in [1.165, 1.54) is 28.9 Å². The second-order valence-corrected chi connectivity index (χ2v) is 10.8. The van der Waals surface area contributed by atoms with Crippen LogP contribution in [0.25, 0.3) is 15.7 Å². The van der Waals surface area contributed by atoms with Gasteiger partial charge in [-0.3, -0.25) is 9.78 Å². The van der Waals surface area contributed by atoms with Crippen LogP contribution in [0.15, 0.2) is 24.4 Å². The number of pyridine rings is 1. The number of rotatable bonds is 4. The highest BCUT2D eigenvalue weighted by atomic mass is 32.2. The van der Waals surface area contributed by atoms with Gasteiger partial charge in [0.05, 0.1) is 23.0 Å². The second kappa shape index (κ2) is 8.88. The van der Waals surface area contributed by atoms with E-state index in [0.29, 0.717) is 48.1 Å². The maximum Gasteiger partial charge on any atom is 0.257 e. The number of nitrogens with zero attached hydrogens (tertiary/aromatic N) is 5. The van der Waals surface area contributed by atoms with E-state index in [2.05, 4.69) is 14.7 Å². The minimum absolute atomic E-state index is 0.239. The maximum atomic E-state index is 14.2. The molecule has 1 aromatic carbocycles. The molecule has 0 atom stereocenters. The lowest BCUT2D eigenvalue weighted by Gasteiger charge is -2.37. The lowest BCUT2D eigenvalue weighted by Crippen LogP contribution is -2.50. The number of piperazine rings is 1. The summed E-state index contributed by atoms with van der Waals surface area (Å²) in [5, 5.41) is 0.572. The number of hydrogen-bond acceptors (Lipinski definition) is 5. The van der Waals surface area contributed by atoms with Crippen molar-refractivity contribution in [3.63, 3.8) is 0 Å². The fraction of sp³-hybridized carbons (Fsp3) is 0.522. The van der Waals surface area contributed by atoms with Gasteiger partial charge in [-0.15, -0.1) is 0 Å². The van der Waals surface area contributed by atoms with Gasteiger partial charge in [-0.05, 0) is 18.2 Å². The number of carbonyl (C=O) groups is 1. The topological polar surface area (TPSA) is 78.2 Å². The number of carbonyl (C=O) groups excluding carboxylic acids is 1. The smallest absolute Gasteiger partial charge is 0.257 e. The third-order valence-corrected chi connectivity index (χ3v) is 8.24. The summed E-state index contributed by atoms with van der Waals surface area (Å²) in [5.41, 5.74) is 1.23. The number of aromatic nitrogens is 1. The van der Waals surface area contributed by atoms with Crippen molar-refractivity contribution in [2.75, 3.05) is 50.4 Å². The van der Waals surface area contributed by atoms with Crippen LogP contribution in [0.2, 0.25) is 0 Å². The van der Waals surface area contributed by atoms with Gasteiger partial charge < -0.3 is 14.6 Å². The molecular weight excluding hydrogens is 445 g/mol. The molecule has 33 heavy (non-hydrogen) atoms. The summed E-state index contributed by atoms with van der Waals surface area (Å²) in [6.45, 7) is 11.9. The molecular formula is C23H28FN5O3S. The number of piperidine rings is 1. The Hall–Kier alpha value is -2.77. The summed E-state index contributed by atoms with van der Waals surface area (Å²) in [6, 6.07) is 4.36. The van der Waals surface area contributed by atoms with E-state index in [1.54, 1.807) is 11.0 Å². The molecule has 2 aromatic rings. The van der Waals surface area contributed by atoms with Crippen molar-refractivity contribution in [3.8, 4) is 0 Å². The summed E-state index contributed by atoms with van der Waals surface area (Å²) in [5.74, 6) is -0.646. The summed E-state index contributed by atoms with van der Waals surface area (Å²) in [4.78, 5) is 25.5. The molecule has 0 spiro atoms. The van der Waals surface area contributed by atoms with Crippen LogP contribution in [0.3, 0.4) is 0 Å². The molecule has 4 rings (SSSR count). The Morgan fingerprint density at radius 3 is 2.42 bits per heavy atom. The van der Waals surface area contributed by atoms with Crippen LogP contribution >= 0.6 is 0 Å². The van der Waals surface area contributed by atoms with Gasteiger partial charge in [0.15, 0.2) is 0 Å². The molecule has 0 aliphatic carbocycles. The zero-order chi connectivity index (χ0) is 23.8. The Morgan fingerprint density at radius 1 is 1.18 bits per heavy atom. The molecule has 2 fully saturated rings. The normalized spacial score (nSPS) is 19.5. The Kier molecular flexibility index (Phi) is 6.29. The number of anilines is 1. The van der Waals surface area contributed by atoms with Gasteiger partial charge >= 0.3 is 0 Å². The first kappa shape index (κ1) is 23.4. The molecule has 2 saturated heterocycles. The van der Waals surface area contributed by atoms with Crippen molar-refractivity contribution in [3.05, 3.63) is 47.2 Å². The van der Waals surface area contributed by atoms with Crippen molar-refractivity contribution in [2.45, 2.75) is 31.7 Å². The van der Waals surface area contributed by atoms with E-state index in [1.807, 2.05) is 6.92 Å². The number of halogens is 1. The number of benzene rings is 1. The van der Waals surface area contributed by atoms with E-state index in [-0.39, 0.29) is 32.1 Å². The number of fused-ring (bicyclic) bond motifs is 1. The molecule has 0 N–H and O–H groups in total. The van der Waals surface area contributed by atoms with E-state index in [0.717, 1.165) is 6.42 Å². The third-order valence-electron chi connectivity index (χ3n) is 6.93. The number of hydrogen-bond donors (Lipinski definition) is 0. The van der Waals surface area contributed by atoms with Gasteiger partial charge in [0.2, 0.25) is 15.6 Å². The molecule has 0 radical (unpaired) electrons. The SMILES string of the molecule is [C-]#[N+]C1(CC)CCN(c2c(C(=O)N3CCN(S(C)(=O)=O)CC3)cnc3ccc(F)cc23)CC1. The van der Waals surface area contributed by atoms with Gasteiger partial charge in [-0.25, -0.2) is 19.4 Å². The minimum atomic E-state index is -3.31. The molecule has 0 saturated carbocycles. The minimum Gasteiger partial charge on any atom is -0.370 e. The first-order chi connectivity index (χ1) is 15.7. The fourth-order valence-corrected chi connectivity index (χ4v) is 5.56. The zero-order valence-corrected chi connectivity index (χ0v) is 19.7. The average Bonchev–Trinajstić information content (AvgIpc) is 2.82. The molecule has 1 amide bonds. The summed E-state index contributed by atoms with van der Waals surface area (Å²) in [6.07, 6.45) is 4.82. The fourth-order valence-electron chi connectivity index (χ4n) is 4.73. The van der Waals surface area contributed by atoms with Crippen LogP contribution in [0.5, 0.6) is 0 Å². The van der Waals surface area contributed by atoms with Gasteiger partial charge in [-0.1, -0.05) is 6.92 Å². The molecule has 2 aliphatic heterocycles. The standard InChI is InChI=1S/C23H28FN5O3S/c1-4-23(25-2)7-9-27(10-8-23)21-18-15-17(24)5-6-20(18)26-16-19(21)22(30)28-11-13-29(14-12-28)33(3,31)32/h5-6,15-16H,4,7-14H2,1,3H3. The molecule has 3 heterocycles. The molecule has 176 valence electrons. The van der Waals surface area contributed by atoms with Crippen LogP contribution < -0.4 is 4.90 Å². The van der Waals surface area contributed by atoms with Gasteiger partial charge in [0.25, 0.3) is 5.91 Å². The van der Waals surface area contributed by atoms with Crippen molar-refractivity contribution in [1.82, 2.24) is 14.2 Å². The molecule has 10 heteroatoms. The van der Waals surface area contributed by atoms with Crippen LogP contribution in [-0.4, -0.2) is 79.6 Å². The molecule has 0 unspecified atom stereocenters. The van der Waals surface area contributed by atoms with Crippen LogP contribution in [0.4, 0.5) is 10.1 Å². The maximum absolute atomic E-state index is 14.2. The van der Waals surface area contributed by atoms with Crippen molar-refractivity contribution in [1.29, 1.82) is 0 Å². The van der Waals surface area contributed by atoms with Crippen LogP contribution in [-0.2, 0) is 10.0 Å². The molecule has 0 bridgehead atoms. The van der Waals surface area contributed by atoms with E-state index >= 15 is 0 Å². The largest absolute Gasteiger partial charge is 0.370 e. The van der Waals surface area contributed by atoms with Gasteiger partial charge in [0.1, 0.15) is 5.82 Å². The highest BCUT2D eigenvalue weighted by Gasteiger charge is 2.40. The Labute approximate surface area is 193 Å². The van der Waals surface area contributed by atoms with Crippen LogP contribution in [0.1, 0.15) is 36.5 Å². The Bertz CT molecular complexity index is 1210. The van der Waals surface area contributed by atoms with E-state index in [9.17, 15) is 17.6 Å². The number of amides is 1. The summed E-state index contributed by atoms with van der Waals surface area (Å²) >= 11 is 0.